The van der Waals surface area contributed by atoms with Gasteiger partial charge in [0.2, 0.25) is 5.13 Å². The van der Waals surface area contributed by atoms with Crippen LogP contribution in [0.2, 0.25) is 0 Å². The zero-order valence-electron chi connectivity index (χ0n) is 24.0. The molecule has 228 valence electrons. The Labute approximate surface area is 274 Å². The number of hydrogen-bond donors (Lipinski definition) is 5. The largest absolute Gasteiger partial charge is 0.389 e. The van der Waals surface area contributed by atoms with Gasteiger partial charge in [0.15, 0.2) is 22.7 Å². The molecule has 11 nitrogen and oxygen atoms in total. The zero-order valence-corrected chi connectivity index (χ0v) is 26.5. The molecular formula is C32H24N8O3S3. The van der Waals surface area contributed by atoms with Crippen LogP contribution in [0.4, 0.5) is 38.8 Å². The van der Waals surface area contributed by atoms with Crippen molar-refractivity contribution in [3.63, 3.8) is 0 Å². The number of nitrogens with zero attached hydrogens (tertiary/aromatic N) is 5. The van der Waals surface area contributed by atoms with E-state index in [2.05, 4.69) is 31.9 Å². The lowest BCUT2D eigenvalue weighted by atomic mass is 10.1. The fraction of sp³-hybridized carbons (Fsp3) is 0.0312. The summed E-state index contributed by atoms with van der Waals surface area (Å²) in [7, 11) is 0. The van der Waals surface area contributed by atoms with E-state index >= 15 is 0 Å². The fourth-order valence-corrected chi connectivity index (χ4v) is 5.96. The molecule has 6 N–H and O–H groups in total. The molecule has 0 aliphatic carbocycles. The van der Waals surface area contributed by atoms with E-state index in [0.717, 1.165) is 16.3 Å². The molecule has 0 radical (unpaired) electrons. The molecule has 0 saturated carbocycles. The molecule has 4 aromatic carbocycles. The Morgan fingerprint density at radius 2 is 1.59 bits per heavy atom. The molecule has 2 heterocycles. The summed E-state index contributed by atoms with van der Waals surface area (Å²) in [5.41, 5.74) is 10.1. The molecule has 0 saturated heterocycles. The van der Waals surface area contributed by atoms with Gasteiger partial charge >= 0.3 is 0 Å². The summed E-state index contributed by atoms with van der Waals surface area (Å²) in [6.45, 7) is 1.74. The predicted octanol–water partition coefficient (Wildman–Crippen LogP) is 9.17. The molecule has 0 fully saturated rings. The summed E-state index contributed by atoms with van der Waals surface area (Å²) in [5, 5.41) is 28.4. The molecule has 0 aliphatic rings. The molecule has 0 aliphatic heterocycles. The normalized spacial score (nSPS) is 11.9. The van der Waals surface area contributed by atoms with E-state index in [0.29, 0.717) is 55.4 Å². The number of pyridine rings is 1. The van der Waals surface area contributed by atoms with Gasteiger partial charge in [0.1, 0.15) is 22.5 Å². The van der Waals surface area contributed by atoms with Crippen LogP contribution in [0, 0.1) is 18.3 Å². The average Bonchev–Trinajstić information content (AvgIpc) is 3.45. The van der Waals surface area contributed by atoms with Gasteiger partial charge in [-0.1, -0.05) is 47.7 Å². The maximum absolute atomic E-state index is 11.5. The van der Waals surface area contributed by atoms with Crippen LogP contribution < -0.4 is 16.4 Å². The van der Waals surface area contributed by atoms with Crippen LogP contribution >= 0.6 is 23.4 Å². The Bertz CT molecular complexity index is 2160. The second-order valence-electron chi connectivity index (χ2n) is 9.88. The monoisotopic (exact) mass is 664 g/mol. The lowest BCUT2D eigenvalue weighted by Gasteiger charge is -2.16. The number of benzene rings is 4. The molecule has 1 unspecified atom stereocenters. The number of nitrogens with one attached hydrogen (secondary N) is 2. The van der Waals surface area contributed by atoms with Gasteiger partial charge in [0, 0.05) is 39.4 Å². The molecule has 0 bridgehead atoms. The topological polar surface area (TPSA) is 182 Å². The van der Waals surface area contributed by atoms with Crippen LogP contribution in [0.1, 0.15) is 11.1 Å². The van der Waals surface area contributed by atoms with Crippen molar-refractivity contribution in [3.8, 4) is 17.3 Å². The molecule has 0 amide bonds. The lowest BCUT2D eigenvalue weighted by molar-refractivity contribution is 0.564. The van der Waals surface area contributed by atoms with Crippen LogP contribution in [0.5, 0.6) is 0 Å². The smallest absolute Gasteiger partial charge is 0.232 e. The number of nitriles is 1. The minimum Gasteiger partial charge on any atom is -0.389 e. The number of fused-ring (bicyclic) bond motifs is 1. The summed E-state index contributed by atoms with van der Waals surface area (Å²) in [4.78, 5) is 10.2. The van der Waals surface area contributed by atoms with Crippen molar-refractivity contribution >= 4 is 84.1 Å². The Balaban J connectivity index is 1.39. The molecular weight excluding hydrogens is 641 g/mol. The first kappa shape index (κ1) is 30.8. The van der Waals surface area contributed by atoms with E-state index < -0.39 is 11.1 Å². The fourth-order valence-electron chi connectivity index (χ4n) is 4.66. The zero-order chi connectivity index (χ0) is 32.2. The van der Waals surface area contributed by atoms with Gasteiger partial charge in [-0.2, -0.15) is 5.26 Å². The van der Waals surface area contributed by atoms with Gasteiger partial charge in [-0.05, 0) is 72.3 Å². The second-order valence-corrected chi connectivity index (χ2v) is 12.5. The number of hydrogen-bond acceptors (Lipinski definition) is 12. The predicted molar refractivity (Wildman–Crippen MR) is 184 cm³/mol. The Kier molecular flexibility index (Phi) is 9.01. The minimum atomic E-state index is -2.13. The molecule has 6 rings (SSSR count). The summed E-state index contributed by atoms with van der Waals surface area (Å²) in [6.07, 6.45) is 0. The van der Waals surface area contributed by atoms with Crippen LogP contribution in [-0.2, 0) is 11.1 Å². The van der Waals surface area contributed by atoms with E-state index in [9.17, 15) is 18.6 Å². The maximum atomic E-state index is 11.5. The van der Waals surface area contributed by atoms with Crippen LogP contribution in [0.3, 0.4) is 0 Å². The van der Waals surface area contributed by atoms with Crippen molar-refractivity contribution in [2.75, 3.05) is 16.4 Å². The number of aromatic nitrogens is 2. The van der Waals surface area contributed by atoms with Gasteiger partial charge in [-0.15, -0.1) is 10.2 Å². The molecule has 46 heavy (non-hydrogen) atoms. The van der Waals surface area contributed by atoms with Crippen molar-refractivity contribution in [2.45, 2.75) is 16.7 Å². The number of nitrogens with two attached hydrogens (primary N) is 1. The summed E-state index contributed by atoms with van der Waals surface area (Å²) >= 11 is -0.307. The van der Waals surface area contributed by atoms with Crippen molar-refractivity contribution in [2.24, 2.45) is 10.2 Å². The molecule has 14 heteroatoms. The highest BCUT2D eigenvalue weighted by atomic mass is 32.2. The molecule has 6 aromatic rings. The first-order valence-electron chi connectivity index (χ1n) is 13.6. The maximum Gasteiger partial charge on any atom is 0.232 e. The highest BCUT2D eigenvalue weighted by Crippen LogP contribution is 2.40. The van der Waals surface area contributed by atoms with Crippen LogP contribution in [-0.4, -0.2) is 23.3 Å². The summed E-state index contributed by atoms with van der Waals surface area (Å²) < 4.78 is 30.2. The van der Waals surface area contributed by atoms with Crippen molar-refractivity contribution in [3.05, 3.63) is 102 Å². The first-order valence-corrected chi connectivity index (χ1v) is 16.3. The van der Waals surface area contributed by atoms with Crippen molar-refractivity contribution < 1.29 is 13.3 Å². The van der Waals surface area contributed by atoms with Gasteiger partial charge in [0.25, 0.3) is 0 Å². The van der Waals surface area contributed by atoms with E-state index in [1.165, 1.54) is 23.5 Å². The van der Waals surface area contributed by atoms with E-state index in [-0.39, 0.29) is 22.1 Å². The Hall–Kier alpha value is -5.17. The molecule has 0 spiro atoms. The number of rotatable bonds is 9. The highest BCUT2D eigenvalue weighted by Gasteiger charge is 2.19. The van der Waals surface area contributed by atoms with Crippen molar-refractivity contribution in [1.82, 2.24) is 9.97 Å². The second kappa shape index (κ2) is 13.4. The first-order chi connectivity index (χ1) is 22.3. The van der Waals surface area contributed by atoms with E-state index in [1.807, 2.05) is 42.5 Å². The standard InChI is InChI=1S/C32H24N8O3S3/c1-18-26(17-33)30(35-22-8-12-24(45-41)13-9-22)38-31(36-23-10-14-25(15-11-23)46(42)43)27(18)39-40-32-37-28(29(34)44-32)21-7-6-19-4-2-3-5-20(19)16-21/h2-16,41H,34H2,1H3,(H,42,43)(H2,35,36,38). The summed E-state index contributed by atoms with van der Waals surface area (Å²) in [5.74, 6) is 0.554. The highest BCUT2D eigenvalue weighted by molar-refractivity contribution is 7.93. The third kappa shape index (κ3) is 6.59. The molecule has 2 aromatic heterocycles. The third-order valence-corrected chi connectivity index (χ3v) is 8.90. The van der Waals surface area contributed by atoms with Gasteiger partial charge < -0.3 is 25.5 Å². The third-order valence-electron chi connectivity index (χ3n) is 6.97. The van der Waals surface area contributed by atoms with Crippen LogP contribution in [0.15, 0.2) is 111 Å². The van der Waals surface area contributed by atoms with E-state index in [1.54, 1.807) is 43.3 Å². The molecule has 1 atom stereocenters. The number of nitrogen functional groups attached to an aromatic ring is 1. The Morgan fingerprint density at radius 1 is 0.913 bits per heavy atom. The van der Waals surface area contributed by atoms with Gasteiger partial charge in [-0.25, -0.2) is 14.2 Å². The van der Waals surface area contributed by atoms with Gasteiger partial charge in [0.05, 0.1) is 10.5 Å². The quantitative estimate of drug-likeness (QED) is 0.0567. The minimum absolute atomic E-state index is 0.241. The number of azo groups is 1. The summed E-state index contributed by atoms with van der Waals surface area (Å²) in [6, 6.07) is 29.5. The Morgan fingerprint density at radius 3 is 2.26 bits per heavy atom. The van der Waals surface area contributed by atoms with Gasteiger partial charge in [-0.3, -0.25) is 0 Å². The van der Waals surface area contributed by atoms with E-state index in [4.69, 9.17) is 10.7 Å². The number of anilines is 5. The SMILES string of the molecule is Cc1c(C#N)c(Nc2ccc(SO)cc2)nc(Nc2ccc(S(=O)O)cc2)c1N=Nc1nc(-c2ccc3ccccc3c2)c(N)s1. The average molecular weight is 665 g/mol. The lowest BCUT2D eigenvalue weighted by Crippen LogP contribution is -2.04. The van der Waals surface area contributed by atoms with Crippen molar-refractivity contribution in [1.29, 1.82) is 5.26 Å². The number of thiazole rings is 1. The van der Waals surface area contributed by atoms with Crippen LogP contribution in [0.25, 0.3) is 22.0 Å².